The lowest BCUT2D eigenvalue weighted by atomic mass is 9.97. The van der Waals surface area contributed by atoms with Gasteiger partial charge >= 0.3 is 0 Å². The van der Waals surface area contributed by atoms with Crippen molar-refractivity contribution >= 4 is 0 Å². The normalized spacial score (nSPS) is 55.4. The molecule has 0 amide bonds. The van der Waals surface area contributed by atoms with E-state index < -0.39 is 61.4 Å². The van der Waals surface area contributed by atoms with Gasteiger partial charge in [-0.25, -0.2) is 0 Å². The van der Waals surface area contributed by atoms with Crippen molar-refractivity contribution in [3.63, 3.8) is 0 Å². The van der Waals surface area contributed by atoms with E-state index in [9.17, 15) is 30.6 Å². The summed E-state index contributed by atoms with van der Waals surface area (Å²) in [5.41, 5.74) is 0. The third-order valence-electron chi connectivity index (χ3n) is 3.90. The third kappa shape index (κ3) is 3.21. The number of aliphatic hydroxyl groups excluding tert-OH is 6. The van der Waals surface area contributed by atoms with E-state index in [-0.39, 0.29) is 0 Å². The predicted molar refractivity (Wildman–Crippen MR) is 65.8 cm³/mol. The van der Waals surface area contributed by atoms with Crippen LogP contribution in [0.4, 0.5) is 0 Å². The molecule has 6 N–H and O–H groups in total. The Balaban J connectivity index is 2.08. The van der Waals surface area contributed by atoms with Crippen molar-refractivity contribution in [1.82, 2.24) is 0 Å². The molecule has 0 unspecified atom stereocenters. The Morgan fingerprint density at radius 2 is 1.24 bits per heavy atom. The molecule has 0 bridgehead atoms. The van der Waals surface area contributed by atoms with E-state index in [0.717, 1.165) is 0 Å². The Morgan fingerprint density at radius 1 is 0.667 bits per heavy atom. The zero-order chi connectivity index (χ0) is 15.9. The first-order valence-corrected chi connectivity index (χ1v) is 6.78. The minimum atomic E-state index is -1.56. The number of rotatable bonds is 2. The van der Waals surface area contributed by atoms with Crippen LogP contribution in [0.5, 0.6) is 0 Å². The standard InChI is InChI=1S/C12H22O9/c1-3-5(13)7(15)8(16)12(20-3)21-10-6(14)4(2)19-11(18)9(10)17/h3-18H,1-2H3/t3-,4-,5+,6+,7+,8-,9-,10+,11-,12+/m1/s1. The number of hydrogen-bond donors (Lipinski definition) is 6. The van der Waals surface area contributed by atoms with Gasteiger partial charge in [-0.2, -0.15) is 0 Å². The van der Waals surface area contributed by atoms with Crippen LogP contribution in [0.25, 0.3) is 0 Å². The zero-order valence-corrected chi connectivity index (χ0v) is 11.7. The van der Waals surface area contributed by atoms with Crippen LogP contribution >= 0.6 is 0 Å². The second-order valence-electron chi connectivity index (χ2n) is 5.50. The zero-order valence-electron chi connectivity index (χ0n) is 11.7. The summed E-state index contributed by atoms with van der Waals surface area (Å²) >= 11 is 0. The molecule has 0 aromatic heterocycles. The van der Waals surface area contributed by atoms with Crippen molar-refractivity contribution in [2.24, 2.45) is 0 Å². The number of hydrogen-bond acceptors (Lipinski definition) is 9. The molecule has 124 valence electrons. The molecule has 9 nitrogen and oxygen atoms in total. The molecule has 2 aliphatic rings. The minimum absolute atomic E-state index is 0.804. The second-order valence-corrected chi connectivity index (χ2v) is 5.50. The summed E-state index contributed by atoms with van der Waals surface area (Å²) in [6, 6.07) is 0. The lowest BCUT2D eigenvalue weighted by Gasteiger charge is -2.44. The Bertz CT molecular complexity index is 340. The van der Waals surface area contributed by atoms with Gasteiger partial charge in [0.15, 0.2) is 12.6 Å². The minimum Gasteiger partial charge on any atom is -0.388 e. The molecule has 21 heavy (non-hydrogen) atoms. The molecule has 0 aliphatic carbocycles. The van der Waals surface area contributed by atoms with Crippen molar-refractivity contribution in [3.05, 3.63) is 0 Å². The molecule has 0 saturated carbocycles. The van der Waals surface area contributed by atoms with Gasteiger partial charge in [0.2, 0.25) is 0 Å². The van der Waals surface area contributed by atoms with Crippen LogP contribution < -0.4 is 0 Å². The van der Waals surface area contributed by atoms with Crippen LogP contribution in [0, 0.1) is 0 Å². The lowest BCUT2D eigenvalue weighted by Crippen LogP contribution is -2.63. The summed E-state index contributed by atoms with van der Waals surface area (Å²) in [7, 11) is 0. The summed E-state index contributed by atoms with van der Waals surface area (Å²) in [5.74, 6) is 0. The van der Waals surface area contributed by atoms with Crippen LogP contribution in [0.3, 0.4) is 0 Å². The summed E-state index contributed by atoms with van der Waals surface area (Å²) < 4.78 is 15.4. The van der Waals surface area contributed by atoms with Gasteiger partial charge in [0.1, 0.15) is 36.6 Å². The Labute approximate surface area is 121 Å². The summed E-state index contributed by atoms with van der Waals surface area (Å²) in [6.07, 6.45) is -13.0. The molecule has 10 atom stereocenters. The fraction of sp³-hybridized carbons (Fsp3) is 1.00. The first-order valence-electron chi connectivity index (χ1n) is 6.78. The van der Waals surface area contributed by atoms with Gasteiger partial charge in [0.25, 0.3) is 0 Å². The van der Waals surface area contributed by atoms with Crippen molar-refractivity contribution in [2.45, 2.75) is 75.3 Å². The van der Waals surface area contributed by atoms with Crippen LogP contribution in [0.1, 0.15) is 13.8 Å². The van der Waals surface area contributed by atoms with Crippen molar-refractivity contribution in [1.29, 1.82) is 0 Å². The van der Waals surface area contributed by atoms with Gasteiger partial charge in [-0.15, -0.1) is 0 Å². The molecule has 2 rings (SSSR count). The first-order chi connectivity index (χ1) is 9.73. The van der Waals surface area contributed by atoms with Gasteiger partial charge in [-0.3, -0.25) is 0 Å². The Hall–Kier alpha value is -0.360. The van der Waals surface area contributed by atoms with E-state index in [1.165, 1.54) is 13.8 Å². The average Bonchev–Trinajstić information content (AvgIpc) is 2.44. The van der Waals surface area contributed by atoms with Crippen LogP contribution in [0.2, 0.25) is 0 Å². The number of aliphatic hydroxyl groups is 6. The largest absolute Gasteiger partial charge is 0.388 e. The summed E-state index contributed by atoms with van der Waals surface area (Å²) in [6.45, 7) is 2.96. The smallest absolute Gasteiger partial charge is 0.187 e. The number of ether oxygens (including phenoxy) is 3. The highest BCUT2D eigenvalue weighted by atomic mass is 16.7. The molecule has 2 fully saturated rings. The quantitative estimate of drug-likeness (QED) is 0.308. The Morgan fingerprint density at radius 3 is 1.86 bits per heavy atom. The molecular weight excluding hydrogens is 288 g/mol. The van der Waals surface area contributed by atoms with E-state index in [0.29, 0.717) is 0 Å². The van der Waals surface area contributed by atoms with Crippen LogP contribution in [-0.2, 0) is 14.2 Å². The SMILES string of the molecule is C[C@H]1O[C@@H](O[C@@H]2[C@@H](O)[C@H](O)O[C@H](C)[C@@H]2O)[C@H](O)[C@@H](O)[C@H]1O. The Kier molecular flexibility index (Phi) is 5.19. The van der Waals surface area contributed by atoms with E-state index in [2.05, 4.69) is 0 Å². The van der Waals surface area contributed by atoms with Crippen LogP contribution in [-0.4, -0.2) is 92.1 Å². The average molecular weight is 310 g/mol. The van der Waals surface area contributed by atoms with Gasteiger partial charge in [-0.05, 0) is 13.8 Å². The third-order valence-corrected chi connectivity index (χ3v) is 3.90. The predicted octanol–water partition coefficient (Wildman–Crippen LogP) is -3.34. The van der Waals surface area contributed by atoms with Gasteiger partial charge in [0.05, 0.1) is 12.2 Å². The van der Waals surface area contributed by atoms with Crippen LogP contribution in [0.15, 0.2) is 0 Å². The van der Waals surface area contributed by atoms with Gasteiger partial charge in [-0.1, -0.05) is 0 Å². The topological polar surface area (TPSA) is 149 Å². The van der Waals surface area contributed by atoms with Gasteiger partial charge < -0.3 is 44.8 Å². The molecule has 0 aromatic rings. The highest BCUT2D eigenvalue weighted by Crippen LogP contribution is 2.28. The molecular formula is C12H22O9. The maximum Gasteiger partial charge on any atom is 0.187 e. The van der Waals surface area contributed by atoms with Crippen molar-refractivity contribution < 1.29 is 44.8 Å². The van der Waals surface area contributed by atoms with E-state index in [1.807, 2.05) is 0 Å². The van der Waals surface area contributed by atoms with E-state index >= 15 is 0 Å². The highest BCUT2D eigenvalue weighted by Gasteiger charge is 2.48. The highest BCUT2D eigenvalue weighted by molar-refractivity contribution is 4.92. The lowest BCUT2D eigenvalue weighted by molar-refractivity contribution is -0.349. The van der Waals surface area contributed by atoms with Crippen molar-refractivity contribution in [3.8, 4) is 0 Å². The summed E-state index contributed by atoms with van der Waals surface area (Å²) in [4.78, 5) is 0. The fourth-order valence-corrected chi connectivity index (χ4v) is 2.45. The molecule has 0 spiro atoms. The monoisotopic (exact) mass is 310 g/mol. The second kappa shape index (κ2) is 6.41. The maximum atomic E-state index is 9.96. The molecule has 2 heterocycles. The molecule has 2 aliphatic heterocycles. The molecule has 9 heteroatoms. The molecule has 0 radical (unpaired) electrons. The maximum absolute atomic E-state index is 9.96. The van der Waals surface area contributed by atoms with E-state index in [4.69, 9.17) is 14.2 Å². The fourth-order valence-electron chi connectivity index (χ4n) is 2.45. The molecule has 0 aromatic carbocycles. The van der Waals surface area contributed by atoms with Crippen molar-refractivity contribution in [2.75, 3.05) is 0 Å². The molecule has 2 saturated heterocycles. The van der Waals surface area contributed by atoms with E-state index in [1.54, 1.807) is 0 Å². The van der Waals surface area contributed by atoms with Gasteiger partial charge in [0, 0.05) is 0 Å². The first kappa shape index (κ1) is 17.0. The summed E-state index contributed by atoms with van der Waals surface area (Å²) in [5, 5.41) is 58.4.